The molecule has 3 nitrogen and oxygen atoms in total. The average Bonchev–Trinajstić information content (AvgIpc) is 3.51. The summed E-state index contributed by atoms with van der Waals surface area (Å²) in [6.45, 7) is 0. The Bertz CT molecular complexity index is 2460. The molecule has 0 amide bonds. The van der Waals surface area contributed by atoms with Gasteiger partial charge in [-0.15, -0.1) is 0 Å². The molecule has 0 bridgehead atoms. The second-order valence-corrected chi connectivity index (χ2v) is 13.3. The Morgan fingerprint density at radius 3 is 1.49 bits per heavy atom. The summed E-state index contributed by atoms with van der Waals surface area (Å²) in [5, 5.41) is 7.70. The van der Waals surface area contributed by atoms with E-state index in [1.807, 2.05) is 36.4 Å². The molecule has 0 saturated carbocycles. The van der Waals surface area contributed by atoms with E-state index in [9.17, 15) is 0 Å². The second kappa shape index (κ2) is 10.6. The van der Waals surface area contributed by atoms with Gasteiger partial charge in [-0.1, -0.05) is 0 Å². The van der Waals surface area contributed by atoms with Crippen LogP contribution in [0.25, 0.3) is 86.1 Å². The molecule has 2 heterocycles. The molecule has 0 N–H and O–H groups in total. The Kier molecular flexibility index (Phi) is 6.15. The summed E-state index contributed by atoms with van der Waals surface area (Å²) in [7, 11) is 0. The van der Waals surface area contributed by atoms with Crippen molar-refractivity contribution in [3.05, 3.63) is 152 Å². The molecule has 4 heteroatoms. The molecule has 0 spiro atoms. The van der Waals surface area contributed by atoms with Crippen molar-refractivity contribution in [2.24, 2.45) is 0 Å². The third-order valence-corrected chi connectivity index (χ3v) is 11.2. The van der Waals surface area contributed by atoms with Gasteiger partial charge in [-0.25, -0.2) is 0 Å². The molecular weight excluding hydrogens is 613 g/mol. The number of nitrogens with zero attached hydrogens (tertiary/aromatic N) is 3. The van der Waals surface area contributed by atoms with Crippen LogP contribution < -0.4 is 0 Å². The van der Waals surface area contributed by atoms with Crippen LogP contribution >= 0.6 is 0 Å². The minimum absolute atomic E-state index is 0.162. The molecule has 9 rings (SSSR count). The van der Waals surface area contributed by atoms with Gasteiger partial charge in [-0.2, -0.15) is 0 Å². The monoisotopic (exact) mass is 639 g/mol. The van der Waals surface area contributed by atoms with Gasteiger partial charge in [0.2, 0.25) is 0 Å². The van der Waals surface area contributed by atoms with Crippen molar-refractivity contribution >= 4 is 55.3 Å². The molecule has 9 aromatic rings. The van der Waals surface area contributed by atoms with Crippen molar-refractivity contribution in [2.75, 3.05) is 0 Å². The van der Waals surface area contributed by atoms with Crippen molar-refractivity contribution in [2.45, 2.75) is 0 Å². The first-order valence-corrected chi connectivity index (χ1v) is 16.8. The van der Waals surface area contributed by atoms with Gasteiger partial charge in [-0.05, 0) is 0 Å². The van der Waals surface area contributed by atoms with Gasteiger partial charge in [0.05, 0.1) is 0 Å². The van der Waals surface area contributed by atoms with Gasteiger partial charge in [0.25, 0.3) is 0 Å². The zero-order valence-electron chi connectivity index (χ0n) is 24.2. The fraction of sp³-hybridized carbons (Fsp3) is 0. The van der Waals surface area contributed by atoms with E-state index in [4.69, 9.17) is 15.0 Å². The summed E-state index contributed by atoms with van der Waals surface area (Å²) in [4.78, 5) is 15.0. The molecule has 0 radical (unpaired) electrons. The number of benzene rings is 7. The van der Waals surface area contributed by atoms with Crippen LogP contribution in [0.3, 0.4) is 0 Å². The summed E-state index contributed by atoms with van der Waals surface area (Å²) in [5.41, 5.74) is 5.56. The van der Waals surface area contributed by atoms with Crippen LogP contribution in [0.5, 0.6) is 0 Å². The standard InChI is InChI=1S/C41H25N3Se/c1-4-12-26(13-5-1)30-18-10-20-33-34-25-23-27-22-24-31-32(36(27)38(34)45-37(30)33)19-11-21-35(31)41-43-39(28-14-6-2-7-15-28)42-40(44-41)29-16-8-3-9-17-29/h1-25H. The fourth-order valence-electron chi connectivity index (χ4n) is 6.40. The Morgan fingerprint density at radius 2 is 0.844 bits per heavy atom. The van der Waals surface area contributed by atoms with Crippen molar-refractivity contribution in [1.82, 2.24) is 15.0 Å². The van der Waals surface area contributed by atoms with Crippen LogP contribution in [0.4, 0.5) is 0 Å². The van der Waals surface area contributed by atoms with Gasteiger partial charge in [0.15, 0.2) is 0 Å². The molecule has 2 aromatic heterocycles. The van der Waals surface area contributed by atoms with E-state index in [1.165, 1.54) is 46.6 Å². The molecule has 210 valence electrons. The molecule has 0 aliphatic carbocycles. The van der Waals surface area contributed by atoms with E-state index in [1.54, 1.807) is 0 Å². The molecule has 0 atom stereocenters. The van der Waals surface area contributed by atoms with Gasteiger partial charge >= 0.3 is 267 Å². The molecule has 0 unspecified atom stereocenters. The van der Waals surface area contributed by atoms with Crippen molar-refractivity contribution < 1.29 is 0 Å². The van der Waals surface area contributed by atoms with Crippen molar-refractivity contribution in [1.29, 1.82) is 0 Å². The topological polar surface area (TPSA) is 38.7 Å². The first-order chi connectivity index (χ1) is 22.3. The third kappa shape index (κ3) is 4.38. The van der Waals surface area contributed by atoms with Crippen LogP contribution in [0, 0.1) is 0 Å². The van der Waals surface area contributed by atoms with Crippen molar-refractivity contribution in [3.8, 4) is 45.3 Å². The number of hydrogen-bond donors (Lipinski definition) is 0. The summed E-state index contributed by atoms with van der Waals surface area (Å²) >= 11 is 0.162. The Morgan fingerprint density at radius 1 is 0.333 bits per heavy atom. The number of fused-ring (bicyclic) bond motifs is 7. The molecular formula is C41H25N3Se. The second-order valence-electron chi connectivity index (χ2n) is 11.2. The zero-order valence-corrected chi connectivity index (χ0v) is 25.9. The van der Waals surface area contributed by atoms with Crippen LogP contribution in [0.2, 0.25) is 0 Å². The molecule has 0 fully saturated rings. The predicted molar refractivity (Wildman–Crippen MR) is 189 cm³/mol. The number of aromatic nitrogens is 3. The zero-order chi connectivity index (χ0) is 29.7. The average molecular weight is 639 g/mol. The molecule has 0 saturated heterocycles. The van der Waals surface area contributed by atoms with E-state index in [0.29, 0.717) is 17.5 Å². The van der Waals surface area contributed by atoms with E-state index in [0.717, 1.165) is 22.1 Å². The van der Waals surface area contributed by atoms with Crippen LogP contribution in [-0.2, 0) is 0 Å². The summed E-state index contributed by atoms with van der Waals surface area (Å²) in [6, 6.07) is 53.5. The molecule has 7 aromatic carbocycles. The van der Waals surface area contributed by atoms with E-state index < -0.39 is 0 Å². The van der Waals surface area contributed by atoms with Crippen LogP contribution in [0.15, 0.2) is 152 Å². The van der Waals surface area contributed by atoms with Gasteiger partial charge in [0.1, 0.15) is 0 Å². The Hall–Kier alpha value is -5.41. The first-order valence-electron chi connectivity index (χ1n) is 15.0. The van der Waals surface area contributed by atoms with Gasteiger partial charge in [-0.3, -0.25) is 0 Å². The summed E-state index contributed by atoms with van der Waals surface area (Å²) < 4.78 is 2.91. The number of rotatable bonds is 4. The molecule has 0 aliphatic rings. The predicted octanol–water partition coefficient (Wildman–Crippen LogP) is 10.2. The quantitative estimate of drug-likeness (QED) is 0.142. The maximum atomic E-state index is 5.06. The first kappa shape index (κ1) is 26.0. The van der Waals surface area contributed by atoms with Gasteiger partial charge in [0, 0.05) is 0 Å². The third-order valence-electron chi connectivity index (χ3n) is 8.53. The summed E-state index contributed by atoms with van der Waals surface area (Å²) in [5.74, 6) is 2.02. The van der Waals surface area contributed by atoms with E-state index in [-0.39, 0.29) is 14.5 Å². The SMILES string of the molecule is c1ccc(-c2nc(-c3ccccc3)nc(-c3cccc4c3ccc3ccc5c6cccc(-c7ccccc7)c6[se]c5c34)n2)cc1. The molecule has 0 aliphatic heterocycles. The van der Waals surface area contributed by atoms with Crippen molar-refractivity contribution in [3.63, 3.8) is 0 Å². The minimum atomic E-state index is 0.162. The van der Waals surface area contributed by atoms with Crippen LogP contribution in [-0.4, -0.2) is 29.5 Å². The van der Waals surface area contributed by atoms with E-state index in [2.05, 4.69) is 115 Å². The Balaban J connectivity index is 1.31. The summed E-state index contributed by atoms with van der Waals surface area (Å²) in [6.07, 6.45) is 0. The number of hydrogen-bond acceptors (Lipinski definition) is 3. The van der Waals surface area contributed by atoms with E-state index >= 15 is 0 Å². The van der Waals surface area contributed by atoms with Crippen LogP contribution in [0.1, 0.15) is 0 Å². The maximum absolute atomic E-state index is 5.06. The normalized spacial score (nSPS) is 11.6. The van der Waals surface area contributed by atoms with Gasteiger partial charge < -0.3 is 0 Å². The fourth-order valence-corrected chi connectivity index (χ4v) is 9.35. The molecule has 45 heavy (non-hydrogen) atoms. The Labute approximate surface area is 266 Å².